The topological polar surface area (TPSA) is 83.6 Å². The van der Waals surface area contributed by atoms with E-state index in [-0.39, 0.29) is 11.5 Å². The highest BCUT2D eigenvalue weighted by atomic mass is 16.4. The number of carboxylic acids is 1. The number of aromatic carboxylic acids is 1. The fourth-order valence-electron chi connectivity index (χ4n) is 1.49. The lowest BCUT2D eigenvalue weighted by Crippen LogP contribution is -2.41. The molecule has 5 nitrogen and oxygen atoms in total. The zero-order chi connectivity index (χ0) is 13.0. The molecular formula is C12H16N2O3. The van der Waals surface area contributed by atoms with Crippen LogP contribution < -0.4 is 10.6 Å². The normalized spacial score (nSPS) is 11.9. The second-order valence-electron chi connectivity index (χ2n) is 3.73. The molecule has 5 heteroatoms. The molecule has 1 amide bonds. The summed E-state index contributed by atoms with van der Waals surface area (Å²) in [4.78, 5) is 24.2. The summed E-state index contributed by atoms with van der Waals surface area (Å²) in [5.74, 6) is -1.36. The third kappa shape index (κ3) is 2.82. The summed E-state index contributed by atoms with van der Waals surface area (Å²) in [5.41, 5.74) is 6.09. The van der Waals surface area contributed by atoms with Gasteiger partial charge in [0.2, 0.25) is 5.91 Å². The van der Waals surface area contributed by atoms with Crippen LogP contribution in [0.4, 0.5) is 5.69 Å². The van der Waals surface area contributed by atoms with Gasteiger partial charge in [-0.1, -0.05) is 19.1 Å². The number of likely N-dealkylation sites (N-methyl/N-ethyl adjacent to an activating group) is 1. The summed E-state index contributed by atoms with van der Waals surface area (Å²) >= 11 is 0. The standard InChI is InChI=1S/C12H16N2O3/c1-3-9(13)11(15)14(2)10-7-5-4-6-8(10)12(16)17/h4-7,9H,3,13H2,1-2H3,(H,16,17). The molecule has 0 saturated heterocycles. The molecular weight excluding hydrogens is 220 g/mol. The van der Waals surface area contributed by atoms with Crippen LogP contribution in [0.25, 0.3) is 0 Å². The Balaban J connectivity index is 3.08. The van der Waals surface area contributed by atoms with Gasteiger partial charge in [-0.25, -0.2) is 4.79 Å². The predicted octanol–water partition coefficient (Wildman–Crippen LogP) is 1.08. The fourth-order valence-corrected chi connectivity index (χ4v) is 1.49. The molecule has 1 aromatic rings. The molecule has 17 heavy (non-hydrogen) atoms. The molecule has 1 rings (SSSR count). The van der Waals surface area contributed by atoms with Crippen LogP contribution in [0.15, 0.2) is 24.3 Å². The Hall–Kier alpha value is -1.88. The number of carbonyl (C=O) groups is 2. The van der Waals surface area contributed by atoms with Gasteiger partial charge in [-0.3, -0.25) is 4.79 Å². The minimum Gasteiger partial charge on any atom is -0.478 e. The summed E-state index contributed by atoms with van der Waals surface area (Å²) in [7, 11) is 1.53. The van der Waals surface area contributed by atoms with Crippen LogP contribution in [0.1, 0.15) is 23.7 Å². The lowest BCUT2D eigenvalue weighted by atomic mass is 10.1. The van der Waals surface area contributed by atoms with Crippen molar-refractivity contribution in [2.24, 2.45) is 5.73 Å². The summed E-state index contributed by atoms with van der Waals surface area (Å²) in [5, 5.41) is 9.02. The summed E-state index contributed by atoms with van der Waals surface area (Å²) in [6, 6.07) is 5.73. The molecule has 1 aromatic carbocycles. The number of carbonyl (C=O) groups excluding carboxylic acids is 1. The van der Waals surface area contributed by atoms with Crippen molar-refractivity contribution in [3.05, 3.63) is 29.8 Å². The molecule has 0 saturated carbocycles. The Kier molecular flexibility index (Phi) is 4.23. The van der Waals surface area contributed by atoms with Crippen molar-refractivity contribution in [2.75, 3.05) is 11.9 Å². The summed E-state index contributed by atoms with van der Waals surface area (Å²) in [6.07, 6.45) is 0.512. The van der Waals surface area contributed by atoms with Gasteiger partial charge in [0.1, 0.15) is 0 Å². The average Bonchev–Trinajstić information content (AvgIpc) is 2.35. The number of rotatable bonds is 4. The Morgan fingerprint density at radius 2 is 2.00 bits per heavy atom. The first kappa shape index (κ1) is 13.2. The Bertz CT molecular complexity index is 432. The maximum Gasteiger partial charge on any atom is 0.337 e. The SMILES string of the molecule is CCC(N)C(=O)N(C)c1ccccc1C(=O)O. The van der Waals surface area contributed by atoms with E-state index in [2.05, 4.69) is 0 Å². The fraction of sp³-hybridized carbons (Fsp3) is 0.333. The molecule has 0 bridgehead atoms. The van der Waals surface area contributed by atoms with E-state index in [0.717, 1.165) is 0 Å². The van der Waals surface area contributed by atoms with Gasteiger partial charge < -0.3 is 15.7 Å². The number of para-hydroxylation sites is 1. The van der Waals surface area contributed by atoms with Crippen LogP contribution >= 0.6 is 0 Å². The first-order chi connectivity index (χ1) is 7.99. The average molecular weight is 236 g/mol. The highest BCUT2D eigenvalue weighted by Crippen LogP contribution is 2.19. The van der Waals surface area contributed by atoms with E-state index in [9.17, 15) is 9.59 Å². The second kappa shape index (κ2) is 5.45. The number of carboxylic acid groups (broad SMARTS) is 1. The molecule has 0 aliphatic carbocycles. The molecule has 3 N–H and O–H groups in total. The van der Waals surface area contributed by atoms with Crippen molar-refractivity contribution < 1.29 is 14.7 Å². The van der Waals surface area contributed by atoms with Crippen LogP contribution in [0.3, 0.4) is 0 Å². The van der Waals surface area contributed by atoms with Crippen molar-refractivity contribution in [2.45, 2.75) is 19.4 Å². The number of nitrogens with zero attached hydrogens (tertiary/aromatic N) is 1. The Labute approximate surface area is 99.8 Å². The monoisotopic (exact) mass is 236 g/mol. The van der Waals surface area contributed by atoms with Crippen LogP contribution in [0, 0.1) is 0 Å². The first-order valence-corrected chi connectivity index (χ1v) is 5.34. The van der Waals surface area contributed by atoms with Crippen molar-refractivity contribution in [1.82, 2.24) is 0 Å². The predicted molar refractivity (Wildman–Crippen MR) is 65.1 cm³/mol. The lowest BCUT2D eigenvalue weighted by Gasteiger charge is -2.22. The van der Waals surface area contributed by atoms with Gasteiger partial charge in [0, 0.05) is 7.05 Å². The number of hydrogen-bond donors (Lipinski definition) is 2. The van der Waals surface area contributed by atoms with E-state index in [0.29, 0.717) is 12.1 Å². The van der Waals surface area contributed by atoms with Crippen molar-refractivity contribution in [3.63, 3.8) is 0 Å². The van der Waals surface area contributed by atoms with E-state index < -0.39 is 12.0 Å². The van der Waals surface area contributed by atoms with E-state index >= 15 is 0 Å². The maximum absolute atomic E-state index is 11.9. The molecule has 0 radical (unpaired) electrons. The van der Waals surface area contributed by atoms with E-state index in [1.807, 2.05) is 0 Å². The molecule has 0 spiro atoms. The zero-order valence-corrected chi connectivity index (χ0v) is 9.88. The molecule has 0 heterocycles. The van der Waals surface area contributed by atoms with Crippen LogP contribution in [0.2, 0.25) is 0 Å². The van der Waals surface area contributed by atoms with Crippen LogP contribution in [0.5, 0.6) is 0 Å². The maximum atomic E-state index is 11.9. The second-order valence-corrected chi connectivity index (χ2v) is 3.73. The highest BCUT2D eigenvalue weighted by Gasteiger charge is 2.21. The van der Waals surface area contributed by atoms with Gasteiger partial charge in [0.05, 0.1) is 17.3 Å². The number of benzene rings is 1. The molecule has 0 aliphatic rings. The highest BCUT2D eigenvalue weighted by molar-refractivity contribution is 6.03. The van der Waals surface area contributed by atoms with Gasteiger partial charge >= 0.3 is 5.97 Å². The quantitative estimate of drug-likeness (QED) is 0.819. The van der Waals surface area contributed by atoms with E-state index in [1.165, 1.54) is 18.0 Å². The summed E-state index contributed by atoms with van der Waals surface area (Å²) < 4.78 is 0. The van der Waals surface area contributed by atoms with Gasteiger partial charge in [-0.15, -0.1) is 0 Å². The van der Waals surface area contributed by atoms with Gasteiger partial charge in [0.15, 0.2) is 0 Å². The van der Waals surface area contributed by atoms with E-state index in [1.54, 1.807) is 25.1 Å². The van der Waals surface area contributed by atoms with Gasteiger partial charge in [-0.2, -0.15) is 0 Å². The number of hydrogen-bond acceptors (Lipinski definition) is 3. The third-order valence-electron chi connectivity index (χ3n) is 2.58. The molecule has 0 aromatic heterocycles. The molecule has 1 unspecified atom stereocenters. The molecule has 0 aliphatic heterocycles. The largest absolute Gasteiger partial charge is 0.478 e. The summed E-state index contributed by atoms with van der Waals surface area (Å²) in [6.45, 7) is 1.81. The first-order valence-electron chi connectivity index (χ1n) is 5.34. The third-order valence-corrected chi connectivity index (χ3v) is 2.58. The minimum atomic E-state index is -1.06. The van der Waals surface area contributed by atoms with Crippen molar-refractivity contribution in [1.29, 1.82) is 0 Å². The van der Waals surface area contributed by atoms with Crippen molar-refractivity contribution in [3.8, 4) is 0 Å². The molecule has 92 valence electrons. The smallest absolute Gasteiger partial charge is 0.337 e. The number of amides is 1. The van der Waals surface area contributed by atoms with Gasteiger partial charge in [-0.05, 0) is 18.6 Å². The van der Waals surface area contributed by atoms with Crippen molar-refractivity contribution >= 4 is 17.6 Å². The number of anilines is 1. The zero-order valence-electron chi connectivity index (χ0n) is 9.88. The van der Waals surface area contributed by atoms with Crippen LogP contribution in [-0.4, -0.2) is 30.1 Å². The Morgan fingerprint density at radius 3 is 2.53 bits per heavy atom. The van der Waals surface area contributed by atoms with Gasteiger partial charge in [0.25, 0.3) is 0 Å². The molecule has 0 fully saturated rings. The number of nitrogens with two attached hydrogens (primary N) is 1. The van der Waals surface area contributed by atoms with Crippen LogP contribution in [-0.2, 0) is 4.79 Å². The molecule has 1 atom stereocenters. The van der Waals surface area contributed by atoms with E-state index in [4.69, 9.17) is 10.8 Å². The lowest BCUT2D eigenvalue weighted by molar-refractivity contribution is -0.119. The Morgan fingerprint density at radius 1 is 1.41 bits per heavy atom. The minimum absolute atomic E-state index is 0.0895.